The molecule has 0 aliphatic carbocycles. The van der Waals surface area contributed by atoms with Crippen LogP contribution in [0.3, 0.4) is 0 Å². The smallest absolute Gasteiger partial charge is 0.253 e. The minimum Gasteiger partial charge on any atom is -0.497 e. The van der Waals surface area contributed by atoms with Gasteiger partial charge in [0, 0.05) is 49.9 Å². The average Bonchev–Trinajstić information content (AvgIpc) is 2.96. The number of aliphatic hydroxyl groups excluding tert-OH is 1. The van der Waals surface area contributed by atoms with E-state index in [1.165, 1.54) is 12.1 Å². The summed E-state index contributed by atoms with van der Waals surface area (Å²) in [4.78, 5) is 27.5. The summed E-state index contributed by atoms with van der Waals surface area (Å²) in [6.07, 6.45) is 1.62. The van der Waals surface area contributed by atoms with Crippen LogP contribution in [0, 0.1) is 25.5 Å². The maximum atomic E-state index is 12.9. The third-order valence-electron chi connectivity index (χ3n) is 6.47. The highest BCUT2D eigenvalue weighted by Crippen LogP contribution is 2.14. The summed E-state index contributed by atoms with van der Waals surface area (Å²) >= 11 is 0. The van der Waals surface area contributed by atoms with E-state index in [1.54, 1.807) is 26.2 Å². The lowest BCUT2D eigenvalue weighted by Crippen LogP contribution is -2.33. The standard InChI is InChI=1S/C27H39N3O4.C7H6F2/c1-5-12-30(13-6-2)27(33)23-15-20(3)14-22(17-23)26(32)29-11-10-24(31)19-28-18-21-8-7-9-25(16-21)34-4;1-5-2-6(8)4-7(9)3-5/h7-9,14-17,24,28,31H,5-6,10-13,18-19H2,1-4H3,(H,29,32);2-4H,1H3. The van der Waals surface area contributed by atoms with Gasteiger partial charge in [0.2, 0.25) is 0 Å². The van der Waals surface area contributed by atoms with Gasteiger partial charge in [0.1, 0.15) is 17.4 Å². The van der Waals surface area contributed by atoms with Crippen molar-refractivity contribution in [3.8, 4) is 5.75 Å². The molecule has 3 N–H and O–H groups in total. The predicted octanol–water partition coefficient (Wildman–Crippen LogP) is 5.81. The molecule has 43 heavy (non-hydrogen) atoms. The summed E-state index contributed by atoms with van der Waals surface area (Å²) in [5.41, 5.74) is 3.54. The summed E-state index contributed by atoms with van der Waals surface area (Å²) in [6, 6.07) is 16.4. The number of nitrogens with one attached hydrogen (secondary N) is 2. The third-order valence-corrected chi connectivity index (χ3v) is 6.47. The zero-order valence-corrected chi connectivity index (χ0v) is 25.9. The monoisotopic (exact) mass is 597 g/mol. The van der Waals surface area contributed by atoms with E-state index in [4.69, 9.17) is 4.74 Å². The van der Waals surface area contributed by atoms with Gasteiger partial charge >= 0.3 is 0 Å². The summed E-state index contributed by atoms with van der Waals surface area (Å²) in [6.45, 7) is 10.4. The molecule has 0 heterocycles. The van der Waals surface area contributed by atoms with Crippen LogP contribution in [-0.4, -0.2) is 61.2 Å². The molecule has 1 atom stereocenters. The number of aryl methyl sites for hydroxylation is 2. The van der Waals surface area contributed by atoms with Crippen molar-refractivity contribution in [3.63, 3.8) is 0 Å². The number of hydrogen-bond donors (Lipinski definition) is 3. The number of carbonyl (C=O) groups is 2. The topological polar surface area (TPSA) is 90.9 Å². The molecule has 234 valence electrons. The molecule has 0 bridgehead atoms. The van der Waals surface area contributed by atoms with E-state index in [9.17, 15) is 23.5 Å². The number of hydrogen-bond acceptors (Lipinski definition) is 5. The van der Waals surface area contributed by atoms with Crippen molar-refractivity contribution in [3.05, 3.63) is 100 Å². The SMILES string of the molecule is CCCN(CCC)C(=O)c1cc(C)cc(C(=O)NCCC(O)CNCc2cccc(OC)c2)c1.Cc1cc(F)cc(F)c1. The molecule has 3 rings (SSSR count). The van der Waals surface area contributed by atoms with Gasteiger partial charge in [-0.1, -0.05) is 26.0 Å². The van der Waals surface area contributed by atoms with Gasteiger partial charge < -0.3 is 25.4 Å². The van der Waals surface area contributed by atoms with Gasteiger partial charge in [0.15, 0.2) is 0 Å². The fourth-order valence-electron chi connectivity index (χ4n) is 4.49. The van der Waals surface area contributed by atoms with E-state index in [-0.39, 0.29) is 11.8 Å². The van der Waals surface area contributed by atoms with Crippen LogP contribution in [0.4, 0.5) is 8.78 Å². The van der Waals surface area contributed by atoms with Crippen molar-refractivity contribution in [2.45, 2.75) is 59.6 Å². The Balaban J connectivity index is 0.000000609. The maximum Gasteiger partial charge on any atom is 0.253 e. The van der Waals surface area contributed by atoms with E-state index in [0.29, 0.717) is 55.8 Å². The highest BCUT2D eigenvalue weighted by atomic mass is 19.1. The second kappa shape index (κ2) is 18.7. The van der Waals surface area contributed by atoms with Crippen molar-refractivity contribution in [2.24, 2.45) is 0 Å². The molecule has 0 aliphatic heterocycles. The molecule has 0 fully saturated rings. The zero-order chi connectivity index (χ0) is 31.8. The van der Waals surface area contributed by atoms with E-state index in [2.05, 4.69) is 10.6 Å². The molecule has 0 saturated carbocycles. The molecule has 0 aliphatic rings. The second-order valence-corrected chi connectivity index (χ2v) is 10.5. The molecule has 3 aromatic carbocycles. The molecule has 0 aromatic heterocycles. The minimum atomic E-state index is -0.586. The number of methoxy groups -OCH3 is 1. The van der Waals surface area contributed by atoms with Crippen molar-refractivity contribution in [1.29, 1.82) is 0 Å². The number of carbonyl (C=O) groups excluding carboxylic acids is 2. The lowest BCUT2D eigenvalue weighted by molar-refractivity contribution is 0.0755. The zero-order valence-electron chi connectivity index (χ0n) is 25.9. The largest absolute Gasteiger partial charge is 0.497 e. The van der Waals surface area contributed by atoms with Crippen LogP contribution in [0.25, 0.3) is 0 Å². The lowest BCUT2D eigenvalue weighted by atomic mass is 10.0. The number of amides is 2. The Morgan fingerprint density at radius 2 is 1.53 bits per heavy atom. The molecule has 0 saturated heterocycles. The van der Waals surface area contributed by atoms with Gasteiger partial charge in [0.05, 0.1) is 13.2 Å². The highest BCUT2D eigenvalue weighted by Gasteiger charge is 2.17. The quantitative estimate of drug-likeness (QED) is 0.218. The van der Waals surface area contributed by atoms with Crippen molar-refractivity contribution >= 4 is 11.8 Å². The average molecular weight is 598 g/mol. The molecule has 3 aromatic rings. The van der Waals surface area contributed by atoms with Crippen molar-refractivity contribution in [2.75, 3.05) is 33.3 Å². The fraction of sp³-hybridized carbons (Fsp3) is 0.412. The summed E-state index contributed by atoms with van der Waals surface area (Å²) in [5.74, 6) is -0.530. The van der Waals surface area contributed by atoms with Crippen LogP contribution in [0.15, 0.2) is 60.7 Å². The molecule has 2 amide bonds. The predicted molar refractivity (Wildman–Crippen MR) is 166 cm³/mol. The minimum absolute atomic E-state index is 0.0426. The van der Waals surface area contributed by atoms with Gasteiger partial charge in [-0.2, -0.15) is 0 Å². The van der Waals surface area contributed by atoms with E-state index in [0.717, 1.165) is 35.8 Å². The number of ether oxygens (including phenoxy) is 1. The van der Waals surface area contributed by atoms with E-state index in [1.807, 2.05) is 56.0 Å². The summed E-state index contributed by atoms with van der Waals surface area (Å²) < 4.78 is 29.6. The maximum absolute atomic E-state index is 12.9. The van der Waals surface area contributed by atoms with Crippen LogP contribution in [0.1, 0.15) is 70.5 Å². The number of aliphatic hydroxyl groups is 1. The van der Waals surface area contributed by atoms with Crippen molar-refractivity contribution in [1.82, 2.24) is 15.5 Å². The van der Waals surface area contributed by atoms with Crippen LogP contribution in [0.5, 0.6) is 5.75 Å². The second-order valence-electron chi connectivity index (χ2n) is 10.5. The Bertz CT molecular complexity index is 1260. The third kappa shape index (κ3) is 12.9. The van der Waals surface area contributed by atoms with Gasteiger partial charge in [-0.25, -0.2) is 8.78 Å². The van der Waals surface area contributed by atoms with E-state index < -0.39 is 17.7 Å². The van der Waals surface area contributed by atoms with Gasteiger partial charge in [0.25, 0.3) is 11.8 Å². The number of halogens is 2. The molecule has 0 spiro atoms. The van der Waals surface area contributed by atoms with Gasteiger partial charge in [-0.15, -0.1) is 0 Å². The Hall–Kier alpha value is -3.82. The number of rotatable bonds is 14. The van der Waals surface area contributed by atoms with Gasteiger partial charge in [-0.3, -0.25) is 9.59 Å². The Kier molecular flexibility index (Phi) is 15.4. The molecule has 0 radical (unpaired) electrons. The normalized spacial score (nSPS) is 11.3. The molecule has 7 nitrogen and oxygen atoms in total. The molecular formula is C34H45F2N3O4. The van der Waals surface area contributed by atoms with Crippen LogP contribution in [-0.2, 0) is 6.54 Å². The first-order chi connectivity index (χ1) is 20.6. The first kappa shape index (κ1) is 35.4. The Morgan fingerprint density at radius 1 is 0.907 bits per heavy atom. The molecule has 9 heteroatoms. The van der Waals surface area contributed by atoms with Crippen molar-refractivity contribution < 1.29 is 28.2 Å². The Labute approximate surface area is 254 Å². The first-order valence-corrected chi connectivity index (χ1v) is 14.7. The molecule has 1 unspecified atom stereocenters. The first-order valence-electron chi connectivity index (χ1n) is 14.7. The van der Waals surface area contributed by atoms with Crippen LogP contribution in [0.2, 0.25) is 0 Å². The molecular weight excluding hydrogens is 552 g/mol. The van der Waals surface area contributed by atoms with Crippen LogP contribution >= 0.6 is 0 Å². The van der Waals surface area contributed by atoms with E-state index >= 15 is 0 Å². The highest BCUT2D eigenvalue weighted by molar-refractivity contribution is 6.00. The number of benzene rings is 3. The van der Waals surface area contributed by atoms with Crippen LogP contribution < -0.4 is 15.4 Å². The summed E-state index contributed by atoms with van der Waals surface area (Å²) in [7, 11) is 1.63. The Morgan fingerprint density at radius 3 is 2.14 bits per heavy atom. The number of nitrogens with zero attached hydrogens (tertiary/aromatic N) is 1. The summed E-state index contributed by atoms with van der Waals surface area (Å²) in [5, 5.41) is 16.3. The lowest BCUT2D eigenvalue weighted by Gasteiger charge is -2.22. The van der Waals surface area contributed by atoms with Gasteiger partial charge in [-0.05, 0) is 92.3 Å². The fourth-order valence-corrected chi connectivity index (χ4v) is 4.49.